The van der Waals surface area contributed by atoms with E-state index in [0.29, 0.717) is 0 Å². The second-order valence-corrected chi connectivity index (χ2v) is 9.52. The summed E-state index contributed by atoms with van der Waals surface area (Å²) in [6.07, 6.45) is 8.88. The van der Waals surface area contributed by atoms with Crippen LogP contribution in [0.2, 0.25) is 0 Å². The molecule has 0 aliphatic carbocycles. The highest BCUT2D eigenvalue weighted by atomic mass is 16.4. The highest BCUT2D eigenvalue weighted by Crippen LogP contribution is 2.32. The second kappa shape index (κ2) is 12.4. The smallest absolute Gasteiger partial charge is 0.331 e. The first-order chi connectivity index (χ1) is 14.6. The van der Waals surface area contributed by atoms with Gasteiger partial charge in [0.2, 0.25) is 11.8 Å². The van der Waals surface area contributed by atoms with Crippen molar-refractivity contribution in [1.82, 2.24) is 15.5 Å². The molecule has 2 amide bonds. The van der Waals surface area contributed by atoms with Crippen molar-refractivity contribution in [3.05, 3.63) is 48.1 Å². The minimum absolute atomic E-state index is 0.133. The Hall–Kier alpha value is -2.67. The molecule has 2 atom stereocenters. The van der Waals surface area contributed by atoms with Crippen LogP contribution in [0.5, 0.6) is 0 Å². The van der Waals surface area contributed by atoms with Crippen LogP contribution in [-0.2, 0) is 14.4 Å². The summed E-state index contributed by atoms with van der Waals surface area (Å²) in [6.45, 7) is 16.8. The van der Waals surface area contributed by atoms with Crippen LogP contribution in [0.3, 0.4) is 0 Å². The van der Waals surface area contributed by atoms with Gasteiger partial charge in [-0.25, -0.2) is 4.79 Å². The van der Waals surface area contributed by atoms with Crippen LogP contribution in [0.15, 0.2) is 48.1 Å². The third-order valence-electron chi connectivity index (χ3n) is 5.44. The molecule has 180 valence electrons. The van der Waals surface area contributed by atoms with Gasteiger partial charge in [-0.05, 0) is 31.9 Å². The number of likely N-dealkylation sites (N-methyl/N-ethyl adjacent to an activating group) is 2. The van der Waals surface area contributed by atoms with E-state index in [9.17, 15) is 14.4 Å². The van der Waals surface area contributed by atoms with E-state index in [2.05, 4.69) is 17.2 Å². The van der Waals surface area contributed by atoms with E-state index in [0.717, 1.165) is 5.57 Å². The lowest BCUT2D eigenvalue weighted by Crippen LogP contribution is -2.60. The number of amides is 2. The Morgan fingerprint density at radius 3 is 2.09 bits per heavy atom. The van der Waals surface area contributed by atoms with Crippen LogP contribution in [0.25, 0.3) is 0 Å². The molecule has 32 heavy (non-hydrogen) atoms. The fourth-order valence-electron chi connectivity index (χ4n) is 3.32. The first kappa shape index (κ1) is 29.3. The van der Waals surface area contributed by atoms with Gasteiger partial charge in [0.05, 0.1) is 6.04 Å². The van der Waals surface area contributed by atoms with E-state index in [1.165, 1.54) is 17.9 Å². The van der Waals surface area contributed by atoms with Crippen molar-refractivity contribution in [2.45, 2.75) is 60.5 Å². The van der Waals surface area contributed by atoms with Gasteiger partial charge in [0, 0.05) is 24.6 Å². The molecule has 0 saturated heterocycles. The third kappa shape index (κ3) is 8.11. The lowest BCUT2D eigenvalue weighted by Gasteiger charge is -2.38. The topological polar surface area (TPSA) is 98.7 Å². The first-order valence-electron chi connectivity index (χ1n) is 10.7. The van der Waals surface area contributed by atoms with Crippen molar-refractivity contribution >= 4 is 17.8 Å². The predicted molar refractivity (Wildman–Crippen MR) is 130 cm³/mol. The number of hydrogen-bond acceptors (Lipinski definition) is 4. The maximum Gasteiger partial charge on any atom is 0.331 e. The summed E-state index contributed by atoms with van der Waals surface area (Å²) in [7, 11) is 3.31. The van der Waals surface area contributed by atoms with Crippen LogP contribution in [0.1, 0.15) is 48.5 Å². The molecule has 0 spiro atoms. The van der Waals surface area contributed by atoms with Crippen molar-refractivity contribution in [2.75, 3.05) is 20.6 Å². The van der Waals surface area contributed by atoms with Gasteiger partial charge in [-0.15, -0.1) is 0 Å². The quantitative estimate of drug-likeness (QED) is 0.333. The summed E-state index contributed by atoms with van der Waals surface area (Å²) in [5, 5.41) is 15.1. The number of carbonyl (C=O) groups is 3. The fraction of sp³-hybridized carbons (Fsp3) is 0.560. The van der Waals surface area contributed by atoms with Gasteiger partial charge in [-0.3, -0.25) is 9.59 Å². The molecule has 0 aliphatic heterocycles. The molecular formula is C25H41N3O4. The Labute approximate surface area is 193 Å². The number of carbonyl (C=O) groups excluding carboxylic acids is 2. The largest absolute Gasteiger partial charge is 0.478 e. The summed E-state index contributed by atoms with van der Waals surface area (Å²) in [6, 6.07) is -1.40. The zero-order valence-corrected chi connectivity index (χ0v) is 21.1. The van der Waals surface area contributed by atoms with Gasteiger partial charge >= 0.3 is 5.97 Å². The summed E-state index contributed by atoms with van der Waals surface area (Å²) in [5.74, 6) is -1.62. The van der Waals surface area contributed by atoms with E-state index >= 15 is 0 Å². The SMILES string of the molecule is C=C/C=C(\C=C/C)C(C)(C)C(NC)C(=O)NC(C(=O)N(C)C/C=C(\C)C(=O)O)C(C)(C)C. The van der Waals surface area contributed by atoms with Gasteiger partial charge in [0.25, 0.3) is 0 Å². The number of nitrogens with one attached hydrogen (secondary N) is 2. The normalized spacial score (nSPS) is 15.3. The number of carboxylic acids is 1. The van der Waals surface area contributed by atoms with Crippen molar-refractivity contribution < 1.29 is 19.5 Å². The maximum atomic E-state index is 13.4. The molecule has 0 saturated carbocycles. The monoisotopic (exact) mass is 447 g/mol. The van der Waals surface area contributed by atoms with E-state index in [1.54, 1.807) is 20.2 Å². The van der Waals surface area contributed by atoms with Gasteiger partial charge in [0.1, 0.15) is 6.04 Å². The number of rotatable bonds is 11. The highest BCUT2D eigenvalue weighted by molar-refractivity contribution is 5.91. The fourth-order valence-corrected chi connectivity index (χ4v) is 3.32. The lowest BCUT2D eigenvalue weighted by molar-refractivity contribution is -0.139. The van der Waals surface area contributed by atoms with Crippen molar-refractivity contribution in [1.29, 1.82) is 0 Å². The van der Waals surface area contributed by atoms with Gasteiger partial charge < -0.3 is 20.6 Å². The van der Waals surface area contributed by atoms with E-state index in [4.69, 9.17) is 5.11 Å². The van der Waals surface area contributed by atoms with Crippen LogP contribution < -0.4 is 10.6 Å². The molecule has 0 aliphatic rings. The number of carboxylic acid groups (broad SMARTS) is 1. The molecule has 3 N–H and O–H groups in total. The highest BCUT2D eigenvalue weighted by Gasteiger charge is 2.40. The third-order valence-corrected chi connectivity index (χ3v) is 5.44. The molecule has 0 aromatic carbocycles. The molecule has 0 heterocycles. The number of nitrogens with zero attached hydrogens (tertiary/aromatic N) is 1. The molecule has 0 bridgehead atoms. The van der Waals surface area contributed by atoms with E-state index in [1.807, 2.05) is 59.8 Å². The second-order valence-electron chi connectivity index (χ2n) is 9.52. The molecule has 0 aromatic rings. The Morgan fingerprint density at radius 1 is 1.12 bits per heavy atom. The van der Waals surface area contributed by atoms with Gasteiger partial charge in [0.15, 0.2) is 0 Å². The number of hydrogen-bond donors (Lipinski definition) is 3. The Balaban J connectivity index is 5.89. The molecule has 0 fully saturated rings. The minimum Gasteiger partial charge on any atom is -0.478 e. The summed E-state index contributed by atoms with van der Waals surface area (Å²) in [5.41, 5.74) is -0.0610. The Kier molecular flexibility index (Phi) is 11.4. The molecular weight excluding hydrogens is 406 g/mol. The Morgan fingerprint density at radius 2 is 1.69 bits per heavy atom. The van der Waals surface area contributed by atoms with Crippen LogP contribution in [0.4, 0.5) is 0 Å². The van der Waals surface area contributed by atoms with Crippen LogP contribution >= 0.6 is 0 Å². The van der Waals surface area contributed by atoms with Crippen molar-refractivity contribution in [3.8, 4) is 0 Å². The summed E-state index contributed by atoms with van der Waals surface area (Å²) in [4.78, 5) is 39.0. The molecule has 0 radical (unpaired) electrons. The molecule has 7 heteroatoms. The van der Waals surface area contributed by atoms with Gasteiger partial charge in [-0.2, -0.15) is 0 Å². The van der Waals surface area contributed by atoms with Crippen molar-refractivity contribution in [3.63, 3.8) is 0 Å². The molecule has 2 unspecified atom stereocenters. The number of allylic oxidation sites excluding steroid dienone is 4. The van der Waals surface area contributed by atoms with Crippen LogP contribution in [0, 0.1) is 10.8 Å². The molecule has 0 aromatic heterocycles. The zero-order chi connectivity index (χ0) is 25.3. The minimum atomic E-state index is -1.03. The zero-order valence-electron chi connectivity index (χ0n) is 21.1. The van der Waals surface area contributed by atoms with E-state index in [-0.39, 0.29) is 23.9 Å². The average molecular weight is 448 g/mol. The maximum absolute atomic E-state index is 13.4. The standard InChI is InChI=1S/C25H41N3O4/c1-11-13-18(14-12-2)25(7,8)19(26-9)21(29)27-20(24(4,5)6)22(30)28(10)16-15-17(3)23(31)32/h11-15,19-20,26H,1,16H2,2-10H3,(H,27,29)(H,31,32)/b14-12-,17-15+,18-13+. The lowest BCUT2D eigenvalue weighted by atomic mass is 9.75. The van der Waals surface area contributed by atoms with Crippen molar-refractivity contribution in [2.24, 2.45) is 10.8 Å². The van der Waals surface area contributed by atoms with E-state index < -0.39 is 28.9 Å². The summed E-state index contributed by atoms with van der Waals surface area (Å²) >= 11 is 0. The molecule has 7 nitrogen and oxygen atoms in total. The Bertz CT molecular complexity index is 785. The van der Waals surface area contributed by atoms with Gasteiger partial charge in [-0.1, -0.05) is 71.6 Å². The summed E-state index contributed by atoms with van der Waals surface area (Å²) < 4.78 is 0. The average Bonchev–Trinajstić information content (AvgIpc) is 2.68. The predicted octanol–water partition coefficient (Wildman–Crippen LogP) is 3.31. The molecule has 0 rings (SSSR count). The first-order valence-corrected chi connectivity index (χ1v) is 10.7. The number of aliphatic carboxylic acids is 1. The van der Waals surface area contributed by atoms with Crippen LogP contribution in [-0.4, -0.2) is 60.5 Å².